The van der Waals surface area contributed by atoms with Crippen LogP contribution >= 0.6 is 0 Å². The zero-order valence-electron chi connectivity index (χ0n) is 29.4. The summed E-state index contributed by atoms with van der Waals surface area (Å²) >= 11 is 0. The molecule has 0 fully saturated rings. The smallest absolute Gasteiger partial charge is 0.328 e. The van der Waals surface area contributed by atoms with Crippen molar-refractivity contribution in [1.29, 1.82) is 0 Å². The fourth-order valence-corrected chi connectivity index (χ4v) is 5.99. The van der Waals surface area contributed by atoms with E-state index >= 15 is 0 Å². The van der Waals surface area contributed by atoms with E-state index in [0.29, 0.717) is 11.1 Å². The predicted molar refractivity (Wildman–Crippen MR) is 199 cm³/mol. The van der Waals surface area contributed by atoms with Crippen LogP contribution in [0.3, 0.4) is 0 Å². The molecular weight excluding hydrogens is 672 g/mol. The van der Waals surface area contributed by atoms with E-state index in [1.54, 1.807) is 37.3 Å². The van der Waals surface area contributed by atoms with E-state index in [1.165, 1.54) is 0 Å². The molecule has 0 radical (unpaired) electrons. The molecule has 0 saturated heterocycles. The van der Waals surface area contributed by atoms with Crippen LogP contribution in [0.25, 0.3) is 10.8 Å². The number of rotatable bonds is 17. The van der Waals surface area contributed by atoms with Gasteiger partial charge in [0.2, 0.25) is 5.91 Å². The molecule has 5 aromatic rings. The normalized spacial score (nSPS) is 12.5. The van der Waals surface area contributed by atoms with Gasteiger partial charge in [-0.1, -0.05) is 121 Å². The number of primary amides is 1. The number of hydrogen-bond donors (Lipinski definition) is 2. The van der Waals surface area contributed by atoms with Crippen LogP contribution in [-0.4, -0.2) is 41.9 Å². The lowest BCUT2D eigenvalue weighted by atomic mass is 9.91. The van der Waals surface area contributed by atoms with E-state index in [2.05, 4.69) is 5.32 Å². The van der Waals surface area contributed by atoms with Crippen LogP contribution < -0.4 is 11.1 Å². The van der Waals surface area contributed by atoms with Crippen LogP contribution in [0.5, 0.6) is 0 Å². The number of carbonyl (C=O) groups is 5. The standard InChI is InChI=1S/C43H42N2O8/c1-29(40(41(44)48)35-24-23-32-17-8-9-18-33(32)25-35)53-43(50)37(21-12-22-38(46)51-27-30-13-4-2-5-14-30)45-42(49)36-20-11-10-19-34(36)26-39(47)52-28-31-15-6-3-7-16-31/h2-11,13-20,23-25,29,37,40H,12,21-22,26-28H2,1H3,(H2,44,48)(H,45,49)/t29-,37-,40?/m0/s1. The Morgan fingerprint density at radius 2 is 1.26 bits per heavy atom. The van der Waals surface area contributed by atoms with Crippen molar-refractivity contribution in [2.45, 2.75) is 63.9 Å². The van der Waals surface area contributed by atoms with Gasteiger partial charge in [0, 0.05) is 12.0 Å². The van der Waals surface area contributed by atoms with Crippen molar-refractivity contribution >= 4 is 40.5 Å². The number of ether oxygens (including phenoxy) is 3. The minimum Gasteiger partial charge on any atom is -0.461 e. The maximum absolute atomic E-state index is 13.8. The lowest BCUT2D eigenvalue weighted by molar-refractivity contribution is -0.153. The van der Waals surface area contributed by atoms with Crippen molar-refractivity contribution in [3.05, 3.63) is 155 Å². The Kier molecular flexibility index (Phi) is 13.5. The molecule has 1 unspecified atom stereocenters. The van der Waals surface area contributed by atoms with Gasteiger partial charge in [-0.25, -0.2) is 4.79 Å². The Morgan fingerprint density at radius 1 is 0.679 bits per heavy atom. The summed E-state index contributed by atoms with van der Waals surface area (Å²) in [6.07, 6.45) is -0.993. The molecule has 0 aromatic heterocycles. The molecule has 2 amide bonds. The van der Waals surface area contributed by atoms with Gasteiger partial charge < -0.3 is 25.3 Å². The molecular formula is C43H42N2O8. The summed E-state index contributed by atoms with van der Waals surface area (Å²) in [5.41, 5.74) is 8.63. The van der Waals surface area contributed by atoms with Gasteiger partial charge in [0.05, 0.1) is 12.3 Å². The molecule has 0 aliphatic heterocycles. The molecule has 0 saturated carbocycles. The summed E-state index contributed by atoms with van der Waals surface area (Å²) in [5.74, 6) is -4.09. The van der Waals surface area contributed by atoms with Gasteiger partial charge in [-0.3, -0.25) is 19.2 Å². The van der Waals surface area contributed by atoms with Crippen LogP contribution in [0.1, 0.15) is 64.7 Å². The minimum absolute atomic E-state index is 0.0210. The summed E-state index contributed by atoms with van der Waals surface area (Å²) in [5, 5.41) is 4.60. The first-order chi connectivity index (χ1) is 25.7. The lowest BCUT2D eigenvalue weighted by Crippen LogP contribution is -2.44. The Balaban J connectivity index is 1.28. The van der Waals surface area contributed by atoms with E-state index in [4.69, 9.17) is 19.9 Å². The third-order valence-corrected chi connectivity index (χ3v) is 8.76. The fourth-order valence-electron chi connectivity index (χ4n) is 5.99. The molecule has 0 aliphatic rings. The Hall–Kier alpha value is -6.29. The molecule has 0 bridgehead atoms. The van der Waals surface area contributed by atoms with Crippen LogP contribution in [0.4, 0.5) is 0 Å². The second-order valence-corrected chi connectivity index (χ2v) is 12.7. The van der Waals surface area contributed by atoms with Gasteiger partial charge in [-0.2, -0.15) is 0 Å². The zero-order chi connectivity index (χ0) is 37.6. The Morgan fingerprint density at radius 3 is 1.92 bits per heavy atom. The number of nitrogens with one attached hydrogen (secondary N) is 1. The number of carbonyl (C=O) groups excluding carboxylic acids is 5. The summed E-state index contributed by atoms with van der Waals surface area (Å²) in [6.45, 7) is 1.76. The summed E-state index contributed by atoms with van der Waals surface area (Å²) in [7, 11) is 0. The van der Waals surface area contributed by atoms with Crippen molar-refractivity contribution in [1.82, 2.24) is 5.32 Å². The van der Waals surface area contributed by atoms with Crippen LogP contribution in [0, 0.1) is 0 Å². The van der Waals surface area contributed by atoms with Crippen LogP contribution in [0.2, 0.25) is 0 Å². The summed E-state index contributed by atoms with van der Waals surface area (Å²) < 4.78 is 16.6. The number of hydrogen-bond acceptors (Lipinski definition) is 8. The summed E-state index contributed by atoms with van der Waals surface area (Å²) in [6, 6.07) is 36.9. The predicted octanol–water partition coefficient (Wildman–Crippen LogP) is 6.34. The molecule has 0 heterocycles. The highest BCUT2D eigenvalue weighted by atomic mass is 16.5. The second-order valence-electron chi connectivity index (χ2n) is 12.7. The molecule has 10 heteroatoms. The lowest BCUT2D eigenvalue weighted by Gasteiger charge is -2.25. The molecule has 3 atom stereocenters. The molecule has 0 spiro atoms. The van der Waals surface area contributed by atoms with Crippen molar-refractivity contribution in [2.75, 3.05) is 0 Å². The average molecular weight is 715 g/mol. The average Bonchev–Trinajstić information content (AvgIpc) is 3.16. The summed E-state index contributed by atoms with van der Waals surface area (Å²) in [4.78, 5) is 65.6. The number of esters is 3. The largest absolute Gasteiger partial charge is 0.461 e. The third kappa shape index (κ3) is 11.1. The van der Waals surface area contributed by atoms with E-state index in [9.17, 15) is 24.0 Å². The van der Waals surface area contributed by atoms with Crippen molar-refractivity contribution in [2.24, 2.45) is 5.73 Å². The fraction of sp³-hybridized carbons (Fsp3) is 0.233. The highest BCUT2D eigenvalue weighted by Crippen LogP contribution is 2.26. The topological polar surface area (TPSA) is 151 Å². The van der Waals surface area contributed by atoms with Gasteiger partial charge in [0.25, 0.3) is 5.91 Å². The van der Waals surface area contributed by atoms with E-state index in [1.807, 2.05) is 97.1 Å². The quantitative estimate of drug-likeness (QED) is 0.0837. The number of amides is 2. The Bertz CT molecular complexity index is 2030. The molecule has 0 aliphatic carbocycles. The van der Waals surface area contributed by atoms with Gasteiger partial charge >= 0.3 is 17.9 Å². The minimum atomic E-state index is -1.21. The Labute approximate surface area is 308 Å². The maximum Gasteiger partial charge on any atom is 0.328 e. The third-order valence-electron chi connectivity index (χ3n) is 8.76. The number of nitrogens with two attached hydrogens (primary N) is 1. The number of fused-ring (bicyclic) bond motifs is 1. The van der Waals surface area contributed by atoms with Crippen molar-refractivity contribution in [3.63, 3.8) is 0 Å². The zero-order valence-corrected chi connectivity index (χ0v) is 29.4. The van der Waals surface area contributed by atoms with Crippen molar-refractivity contribution < 1.29 is 38.2 Å². The highest BCUT2D eigenvalue weighted by Gasteiger charge is 2.32. The van der Waals surface area contributed by atoms with E-state index in [-0.39, 0.29) is 44.5 Å². The molecule has 5 aromatic carbocycles. The molecule has 3 N–H and O–H groups in total. The molecule has 5 rings (SSSR count). The van der Waals surface area contributed by atoms with Gasteiger partial charge in [0.1, 0.15) is 25.4 Å². The first kappa shape index (κ1) is 38.0. The molecule has 272 valence electrons. The maximum atomic E-state index is 13.8. The van der Waals surface area contributed by atoms with E-state index in [0.717, 1.165) is 21.9 Å². The molecule has 10 nitrogen and oxygen atoms in total. The monoisotopic (exact) mass is 714 g/mol. The van der Waals surface area contributed by atoms with Crippen LogP contribution in [-0.2, 0) is 53.0 Å². The second kappa shape index (κ2) is 18.8. The van der Waals surface area contributed by atoms with Crippen LogP contribution in [0.15, 0.2) is 127 Å². The van der Waals surface area contributed by atoms with Gasteiger partial charge in [-0.05, 0) is 58.9 Å². The first-order valence-electron chi connectivity index (χ1n) is 17.4. The van der Waals surface area contributed by atoms with Gasteiger partial charge in [0.15, 0.2) is 0 Å². The highest BCUT2D eigenvalue weighted by molar-refractivity contribution is 5.99. The first-order valence-corrected chi connectivity index (χ1v) is 17.4. The SMILES string of the molecule is C[C@H](OC(=O)[C@H](CCCC(=O)OCc1ccccc1)NC(=O)c1ccccc1CC(=O)OCc1ccccc1)C(C(N)=O)c1ccc2ccccc2c1. The van der Waals surface area contributed by atoms with Crippen molar-refractivity contribution in [3.8, 4) is 0 Å². The van der Waals surface area contributed by atoms with Gasteiger partial charge in [-0.15, -0.1) is 0 Å². The molecule has 53 heavy (non-hydrogen) atoms. The number of benzene rings is 5. The van der Waals surface area contributed by atoms with E-state index < -0.39 is 47.8 Å².